The van der Waals surface area contributed by atoms with Gasteiger partial charge in [0.15, 0.2) is 11.5 Å². The molecule has 0 bridgehead atoms. The molecule has 9 heteroatoms. The average Bonchev–Trinajstić information content (AvgIpc) is 3.02. The van der Waals surface area contributed by atoms with E-state index < -0.39 is 11.2 Å². The highest BCUT2D eigenvalue weighted by molar-refractivity contribution is 5.81. The Labute approximate surface area is 174 Å². The summed E-state index contributed by atoms with van der Waals surface area (Å²) in [7, 11) is 3.11. The average molecular weight is 416 g/mol. The third kappa shape index (κ3) is 5.03. The van der Waals surface area contributed by atoms with Crippen LogP contribution in [0.5, 0.6) is 17.4 Å². The number of nitrogens with zero attached hydrogens (tertiary/aromatic N) is 3. The van der Waals surface area contributed by atoms with Crippen molar-refractivity contribution in [3.05, 3.63) is 50.2 Å². The highest BCUT2D eigenvalue weighted by atomic mass is 16.5. The number of aromatic hydroxyl groups is 1. The minimum Gasteiger partial charge on any atom is -0.494 e. The summed E-state index contributed by atoms with van der Waals surface area (Å²) in [6, 6.07) is 5.45. The first-order valence-corrected chi connectivity index (χ1v) is 10.1. The van der Waals surface area contributed by atoms with Crippen molar-refractivity contribution >= 4 is 6.21 Å². The van der Waals surface area contributed by atoms with Crippen molar-refractivity contribution in [1.82, 2.24) is 14.6 Å². The zero-order valence-corrected chi connectivity index (χ0v) is 17.4. The van der Waals surface area contributed by atoms with Crippen molar-refractivity contribution < 1.29 is 14.6 Å². The molecule has 0 radical (unpaired) electrons. The van der Waals surface area contributed by atoms with Crippen molar-refractivity contribution in [3.8, 4) is 17.4 Å². The summed E-state index contributed by atoms with van der Waals surface area (Å²) >= 11 is 0. The van der Waals surface area contributed by atoms with Gasteiger partial charge in [-0.1, -0.05) is 18.9 Å². The topological polar surface area (TPSA) is 109 Å². The maximum Gasteiger partial charge on any atom is 0.331 e. The van der Waals surface area contributed by atoms with Gasteiger partial charge in [0.05, 0.1) is 20.4 Å². The van der Waals surface area contributed by atoms with Crippen LogP contribution in [0.15, 0.2) is 32.9 Å². The first-order chi connectivity index (χ1) is 14.5. The third-order valence-electron chi connectivity index (χ3n) is 5.21. The molecule has 1 aromatic heterocycles. The van der Waals surface area contributed by atoms with E-state index in [0.29, 0.717) is 17.9 Å². The summed E-state index contributed by atoms with van der Waals surface area (Å²) in [6.07, 6.45) is 6.21. The number of hydrogen-bond acceptors (Lipinski definition) is 7. The molecule has 0 amide bonds. The van der Waals surface area contributed by atoms with Crippen LogP contribution in [0.1, 0.15) is 36.8 Å². The second kappa shape index (κ2) is 10.00. The van der Waals surface area contributed by atoms with Gasteiger partial charge in [-0.15, -0.1) is 0 Å². The fourth-order valence-corrected chi connectivity index (χ4v) is 3.48. The van der Waals surface area contributed by atoms with Crippen LogP contribution in [0.3, 0.4) is 0 Å². The zero-order valence-electron chi connectivity index (χ0n) is 17.4. The summed E-state index contributed by atoms with van der Waals surface area (Å²) in [6.45, 7) is 1.81. The summed E-state index contributed by atoms with van der Waals surface area (Å²) in [5.74, 6) is 0.804. The number of nitrogens with one attached hydrogen (secondary N) is 1. The summed E-state index contributed by atoms with van der Waals surface area (Å²) in [5.41, 5.74) is -0.445. The maximum absolute atomic E-state index is 12.3. The van der Waals surface area contributed by atoms with E-state index in [-0.39, 0.29) is 18.0 Å². The molecule has 2 heterocycles. The fraction of sp³-hybridized carbons (Fsp3) is 0.476. The zero-order chi connectivity index (χ0) is 21.5. The smallest absolute Gasteiger partial charge is 0.331 e. The van der Waals surface area contributed by atoms with E-state index in [1.54, 1.807) is 20.3 Å². The highest BCUT2D eigenvalue weighted by Crippen LogP contribution is 2.27. The Morgan fingerprint density at radius 1 is 1.10 bits per heavy atom. The first kappa shape index (κ1) is 21.5. The van der Waals surface area contributed by atoms with Crippen LogP contribution in [0.25, 0.3) is 0 Å². The second-order valence-corrected chi connectivity index (χ2v) is 7.20. The molecule has 0 spiro atoms. The summed E-state index contributed by atoms with van der Waals surface area (Å²) in [4.78, 5) is 26.7. The molecule has 0 saturated carbocycles. The van der Waals surface area contributed by atoms with E-state index in [4.69, 9.17) is 9.47 Å². The van der Waals surface area contributed by atoms with Gasteiger partial charge >= 0.3 is 5.69 Å². The molecule has 1 saturated heterocycles. The van der Waals surface area contributed by atoms with E-state index >= 15 is 0 Å². The summed E-state index contributed by atoms with van der Waals surface area (Å²) < 4.78 is 11.7. The number of hydrazone groups is 1. The number of benzene rings is 1. The standard InChI is InChI=1S/C21H28N4O5/c1-29-17-8-7-15(13-18(17)30-2)9-12-25-20(27)16(19(26)23-21(25)28)14-22-24-10-5-3-4-6-11-24/h7-8,13-14,27H,3-6,9-12H2,1-2H3,(H,23,26,28). The normalized spacial score (nSPS) is 14.7. The molecule has 3 rings (SSSR count). The molecule has 0 aliphatic carbocycles. The van der Waals surface area contributed by atoms with Crippen molar-refractivity contribution in [2.24, 2.45) is 5.10 Å². The minimum atomic E-state index is -0.662. The van der Waals surface area contributed by atoms with E-state index in [0.717, 1.165) is 36.1 Å². The number of aromatic amines is 1. The molecule has 1 aliphatic heterocycles. The van der Waals surface area contributed by atoms with Gasteiger partial charge in [-0.25, -0.2) is 4.79 Å². The lowest BCUT2D eigenvalue weighted by molar-refractivity contribution is 0.302. The van der Waals surface area contributed by atoms with Gasteiger partial charge in [0.1, 0.15) is 5.56 Å². The molecule has 30 heavy (non-hydrogen) atoms. The Morgan fingerprint density at radius 2 is 1.80 bits per heavy atom. The monoisotopic (exact) mass is 416 g/mol. The SMILES string of the molecule is COc1ccc(CCn2c(O)c(C=NN3CCCCCC3)c(=O)[nH]c2=O)cc1OC. The highest BCUT2D eigenvalue weighted by Gasteiger charge is 2.14. The van der Waals surface area contributed by atoms with E-state index in [1.807, 2.05) is 17.1 Å². The second-order valence-electron chi connectivity index (χ2n) is 7.20. The fourth-order valence-electron chi connectivity index (χ4n) is 3.48. The predicted octanol–water partition coefficient (Wildman–Crippen LogP) is 1.71. The number of hydrogen-bond donors (Lipinski definition) is 2. The van der Waals surface area contributed by atoms with Gasteiger partial charge in [0.2, 0.25) is 5.88 Å². The Balaban J connectivity index is 1.81. The Kier molecular flexibility index (Phi) is 7.16. The van der Waals surface area contributed by atoms with Crippen molar-refractivity contribution in [2.45, 2.75) is 38.6 Å². The quantitative estimate of drug-likeness (QED) is 0.665. The van der Waals surface area contributed by atoms with Crippen molar-refractivity contribution in [3.63, 3.8) is 0 Å². The van der Waals surface area contributed by atoms with E-state index in [9.17, 15) is 14.7 Å². The molecular weight excluding hydrogens is 388 g/mol. The number of methoxy groups -OCH3 is 2. The largest absolute Gasteiger partial charge is 0.494 e. The van der Waals surface area contributed by atoms with Crippen LogP contribution in [0.4, 0.5) is 0 Å². The molecule has 2 N–H and O–H groups in total. The predicted molar refractivity (Wildman–Crippen MR) is 114 cm³/mol. The van der Waals surface area contributed by atoms with E-state index in [1.165, 1.54) is 19.1 Å². The molecular formula is C21H28N4O5. The van der Waals surface area contributed by atoms with Crippen molar-refractivity contribution in [1.29, 1.82) is 0 Å². The van der Waals surface area contributed by atoms with Crippen molar-refractivity contribution in [2.75, 3.05) is 27.3 Å². The molecule has 2 aromatic rings. The lowest BCUT2D eigenvalue weighted by Gasteiger charge is -2.15. The number of H-pyrrole nitrogens is 1. The van der Waals surface area contributed by atoms with Gasteiger partial charge in [0.25, 0.3) is 5.56 Å². The van der Waals surface area contributed by atoms with Gasteiger partial charge in [0, 0.05) is 19.6 Å². The number of ether oxygens (including phenoxy) is 2. The first-order valence-electron chi connectivity index (χ1n) is 10.1. The maximum atomic E-state index is 12.3. The van der Waals surface area contributed by atoms with Crippen LogP contribution in [-0.2, 0) is 13.0 Å². The van der Waals surface area contributed by atoms with Gasteiger partial charge in [-0.3, -0.25) is 19.4 Å². The summed E-state index contributed by atoms with van der Waals surface area (Å²) in [5, 5.41) is 16.8. The molecule has 162 valence electrons. The molecule has 0 atom stereocenters. The number of aryl methyl sites for hydroxylation is 1. The Bertz CT molecular complexity index is 1000. The van der Waals surface area contributed by atoms with Crippen LogP contribution in [0, 0.1) is 0 Å². The molecule has 1 aromatic carbocycles. The lowest BCUT2D eigenvalue weighted by atomic mass is 10.1. The van der Waals surface area contributed by atoms with Crippen LogP contribution < -0.4 is 20.7 Å². The molecule has 9 nitrogen and oxygen atoms in total. The van der Waals surface area contributed by atoms with Gasteiger partial charge < -0.3 is 14.6 Å². The molecule has 1 fully saturated rings. The van der Waals surface area contributed by atoms with Crippen LogP contribution in [0.2, 0.25) is 0 Å². The van der Waals surface area contributed by atoms with Gasteiger partial charge in [-0.2, -0.15) is 5.10 Å². The third-order valence-corrected chi connectivity index (χ3v) is 5.21. The molecule has 1 aliphatic rings. The van der Waals surface area contributed by atoms with Crippen LogP contribution in [-0.4, -0.2) is 53.2 Å². The molecule has 0 unspecified atom stereocenters. The lowest BCUT2D eigenvalue weighted by Crippen LogP contribution is -2.33. The van der Waals surface area contributed by atoms with E-state index in [2.05, 4.69) is 10.1 Å². The van der Waals surface area contributed by atoms with Crippen LogP contribution >= 0.6 is 0 Å². The Morgan fingerprint density at radius 3 is 2.47 bits per heavy atom. The Hall–Kier alpha value is -3.23. The number of aromatic nitrogens is 2. The minimum absolute atomic E-state index is 0.0221. The number of rotatable bonds is 7. The van der Waals surface area contributed by atoms with Gasteiger partial charge in [-0.05, 0) is 37.0 Å².